The first-order valence-corrected chi connectivity index (χ1v) is 6.70. The third-order valence-corrected chi connectivity index (χ3v) is 3.35. The van der Waals surface area contributed by atoms with Gasteiger partial charge in [0.1, 0.15) is 18.2 Å². The largest absolute Gasteiger partial charge is 0.489 e. The molecule has 0 saturated carbocycles. The smallest absolute Gasteiger partial charge is 0.141 e. The highest BCUT2D eigenvalue weighted by molar-refractivity contribution is 6.30. The molecule has 106 valence electrons. The number of benzene rings is 2. The molecule has 2 rings (SSSR count). The Morgan fingerprint density at radius 2 is 2.00 bits per heavy atom. The first-order chi connectivity index (χ1) is 9.47. The van der Waals surface area contributed by atoms with Gasteiger partial charge in [-0.3, -0.25) is 0 Å². The Hall–Kier alpha value is -1.58. The van der Waals surface area contributed by atoms with Crippen LogP contribution in [0.15, 0.2) is 36.4 Å². The molecule has 2 aromatic rings. The summed E-state index contributed by atoms with van der Waals surface area (Å²) in [6, 6.07) is 10.0. The van der Waals surface area contributed by atoms with Crippen LogP contribution in [0, 0.1) is 12.7 Å². The quantitative estimate of drug-likeness (QED) is 0.904. The maximum Gasteiger partial charge on any atom is 0.141 e. The SMILES string of the molecule is Cc1cc([C@H](C)O)ccc1OCc1ccc(F)c(Cl)c1. The summed E-state index contributed by atoms with van der Waals surface area (Å²) in [7, 11) is 0. The molecule has 0 fully saturated rings. The van der Waals surface area contributed by atoms with Gasteiger partial charge in [-0.1, -0.05) is 23.7 Å². The number of rotatable bonds is 4. The van der Waals surface area contributed by atoms with Crippen molar-refractivity contribution < 1.29 is 14.2 Å². The third-order valence-electron chi connectivity index (χ3n) is 3.06. The molecule has 4 heteroatoms. The fraction of sp³-hybridized carbons (Fsp3) is 0.250. The van der Waals surface area contributed by atoms with E-state index in [-0.39, 0.29) is 5.02 Å². The van der Waals surface area contributed by atoms with Crippen LogP contribution in [0.25, 0.3) is 0 Å². The van der Waals surface area contributed by atoms with Crippen molar-refractivity contribution in [3.63, 3.8) is 0 Å². The van der Waals surface area contributed by atoms with Gasteiger partial charge in [-0.25, -0.2) is 4.39 Å². The van der Waals surface area contributed by atoms with Crippen molar-refractivity contribution in [1.82, 2.24) is 0 Å². The molecule has 20 heavy (non-hydrogen) atoms. The lowest BCUT2D eigenvalue weighted by Crippen LogP contribution is -1.99. The van der Waals surface area contributed by atoms with Gasteiger partial charge in [0.05, 0.1) is 11.1 Å². The fourth-order valence-electron chi connectivity index (χ4n) is 1.88. The summed E-state index contributed by atoms with van der Waals surface area (Å²) in [5.74, 6) is 0.294. The van der Waals surface area contributed by atoms with E-state index in [9.17, 15) is 9.50 Å². The predicted molar refractivity (Wildman–Crippen MR) is 77.6 cm³/mol. The molecule has 0 aliphatic carbocycles. The lowest BCUT2D eigenvalue weighted by atomic mass is 10.1. The van der Waals surface area contributed by atoms with Crippen molar-refractivity contribution in [3.8, 4) is 5.75 Å². The van der Waals surface area contributed by atoms with Gasteiger partial charge < -0.3 is 9.84 Å². The van der Waals surface area contributed by atoms with Gasteiger partial charge in [-0.2, -0.15) is 0 Å². The van der Waals surface area contributed by atoms with Gasteiger partial charge in [0, 0.05) is 0 Å². The topological polar surface area (TPSA) is 29.5 Å². The number of hydrogen-bond donors (Lipinski definition) is 1. The maximum absolute atomic E-state index is 13.0. The molecule has 0 saturated heterocycles. The van der Waals surface area contributed by atoms with Crippen LogP contribution < -0.4 is 4.74 Å². The molecule has 2 nitrogen and oxygen atoms in total. The monoisotopic (exact) mass is 294 g/mol. The van der Waals surface area contributed by atoms with Crippen LogP contribution in [0.5, 0.6) is 5.75 Å². The molecule has 0 aromatic heterocycles. The van der Waals surface area contributed by atoms with E-state index in [1.807, 2.05) is 25.1 Å². The molecular weight excluding hydrogens is 279 g/mol. The van der Waals surface area contributed by atoms with E-state index in [2.05, 4.69) is 0 Å². The molecule has 0 spiro atoms. The summed E-state index contributed by atoms with van der Waals surface area (Å²) in [6.45, 7) is 3.95. The Labute approximate surface area is 122 Å². The van der Waals surface area contributed by atoms with Crippen molar-refractivity contribution in [3.05, 3.63) is 63.9 Å². The summed E-state index contributed by atoms with van der Waals surface area (Å²) in [5, 5.41) is 9.60. The van der Waals surface area contributed by atoms with Crippen LogP contribution in [0.2, 0.25) is 5.02 Å². The average molecular weight is 295 g/mol. The van der Waals surface area contributed by atoms with E-state index in [4.69, 9.17) is 16.3 Å². The summed E-state index contributed by atoms with van der Waals surface area (Å²) >= 11 is 5.72. The van der Waals surface area contributed by atoms with E-state index < -0.39 is 11.9 Å². The second-order valence-corrected chi connectivity index (χ2v) is 5.15. The van der Waals surface area contributed by atoms with Crippen LogP contribution in [-0.2, 0) is 6.61 Å². The second-order valence-electron chi connectivity index (χ2n) is 4.74. The van der Waals surface area contributed by atoms with Gasteiger partial charge in [-0.15, -0.1) is 0 Å². The van der Waals surface area contributed by atoms with Crippen molar-refractivity contribution in [2.75, 3.05) is 0 Å². The minimum Gasteiger partial charge on any atom is -0.489 e. The highest BCUT2D eigenvalue weighted by atomic mass is 35.5. The average Bonchev–Trinajstić information content (AvgIpc) is 2.41. The van der Waals surface area contributed by atoms with Crippen molar-refractivity contribution in [1.29, 1.82) is 0 Å². The zero-order valence-corrected chi connectivity index (χ0v) is 12.1. The normalized spacial score (nSPS) is 12.2. The van der Waals surface area contributed by atoms with E-state index in [0.717, 1.165) is 22.4 Å². The molecule has 0 radical (unpaired) electrons. The molecule has 0 amide bonds. The number of aliphatic hydroxyl groups excluding tert-OH is 1. The molecule has 0 aliphatic rings. The lowest BCUT2D eigenvalue weighted by molar-refractivity contribution is 0.199. The molecule has 0 bridgehead atoms. The first-order valence-electron chi connectivity index (χ1n) is 6.32. The molecule has 1 atom stereocenters. The summed E-state index contributed by atoms with van der Waals surface area (Å²) in [5.41, 5.74) is 2.59. The van der Waals surface area contributed by atoms with Crippen molar-refractivity contribution >= 4 is 11.6 Å². The number of hydrogen-bond acceptors (Lipinski definition) is 2. The maximum atomic E-state index is 13.0. The first kappa shape index (κ1) is 14.8. The van der Waals surface area contributed by atoms with Gasteiger partial charge in [0.15, 0.2) is 0 Å². The second kappa shape index (κ2) is 6.25. The summed E-state index contributed by atoms with van der Waals surface area (Å²) in [6.07, 6.45) is -0.501. The van der Waals surface area contributed by atoms with E-state index in [1.165, 1.54) is 6.07 Å². The van der Waals surface area contributed by atoms with Gasteiger partial charge in [-0.05, 0) is 54.8 Å². The minimum absolute atomic E-state index is 0.0901. The van der Waals surface area contributed by atoms with Gasteiger partial charge in [0.25, 0.3) is 0 Å². The number of aliphatic hydroxyl groups is 1. The Bertz CT molecular complexity index is 611. The number of halogens is 2. The summed E-state index contributed by atoms with van der Waals surface area (Å²) in [4.78, 5) is 0. The third kappa shape index (κ3) is 3.50. The van der Waals surface area contributed by atoms with Crippen LogP contribution >= 0.6 is 11.6 Å². The van der Waals surface area contributed by atoms with E-state index in [1.54, 1.807) is 19.1 Å². The minimum atomic E-state index is -0.501. The Kier molecular flexibility index (Phi) is 4.63. The molecule has 0 aliphatic heterocycles. The molecule has 0 unspecified atom stereocenters. The van der Waals surface area contributed by atoms with Crippen molar-refractivity contribution in [2.45, 2.75) is 26.6 Å². The molecular formula is C16H16ClFO2. The van der Waals surface area contributed by atoms with Crippen LogP contribution in [-0.4, -0.2) is 5.11 Å². The van der Waals surface area contributed by atoms with Crippen LogP contribution in [0.4, 0.5) is 4.39 Å². The predicted octanol–water partition coefficient (Wildman–Crippen LogP) is 4.42. The van der Waals surface area contributed by atoms with Gasteiger partial charge >= 0.3 is 0 Å². The van der Waals surface area contributed by atoms with Crippen LogP contribution in [0.3, 0.4) is 0 Å². The highest BCUT2D eigenvalue weighted by Gasteiger charge is 2.06. The van der Waals surface area contributed by atoms with E-state index in [0.29, 0.717) is 6.61 Å². The van der Waals surface area contributed by atoms with E-state index >= 15 is 0 Å². The fourth-order valence-corrected chi connectivity index (χ4v) is 2.09. The Morgan fingerprint density at radius 1 is 1.25 bits per heavy atom. The summed E-state index contributed by atoms with van der Waals surface area (Å²) < 4.78 is 18.7. The van der Waals surface area contributed by atoms with Crippen molar-refractivity contribution in [2.24, 2.45) is 0 Å². The molecule has 0 heterocycles. The number of ether oxygens (including phenoxy) is 1. The standard InChI is InChI=1S/C16H16ClFO2/c1-10-7-13(11(2)19)4-6-16(10)20-9-12-3-5-15(18)14(17)8-12/h3-8,11,19H,9H2,1-2H3/t11-/m0/s1. The lowest BCUT2D eigenvalue weighted by Gasteiger charge is -2.12. The van der Waals surface area contributed by atoms with Crippen LogP contribution in [0.1, 0.15) is 29.7 Å². The Balaban J connectivity index is 2.09. The van der Waals surface area contributed by atoms with Gasteiger partial charge in [0.2, 0.25) is 0 Å². The highest BCUT2D eigenvalue weighted by Crippen LogP contribution is 2.24. The zero-order chi connectivity index (χ0) is 14.7. The molecule has 1 N–H and O–H groups in total. The molecule has 2 aromatic carbocycles. The number of aryl methyl sites for hydroxylation is 1. The zero-order valence-electron chi connectivity index (χ0n) is 11.4. The Morgan fingerprint density at radius 3 is 2.60 bits per heavy atom.